The Bertz CT molecular complexity index is 1720. The molecule has 7 rings (SSSR count). The predicted molar refractivity (Wildman–Crippen MR) is 143 cm³/mol. The van der Waals surface area contributed by atoms with E-state index >= 15 is 0 Å². The Labute approximate surface area is 198 Å². The number of benzene rings is 4. The first-order chi connectivity index (χ1) is 16.7. The van der Waals surface area contributed by atoms with Gasteiger partial charge >= 0.3 is 0 Å². The maximum absolute atomic E-state index is 4.45. The third-order valence-corrected chi connectivity index (χ3v) is 7.29. The van der Waals surface area contributed by atoms with Crippen LogP contribution in [0.5, 0.6) is 0 Å². The highest BCUT2D eigenvalue weighted by Crippen LogP contribution is 2.52. The maximum atomic E-state index is 4.45. The Morgan fingerprint density at radius 2 is 1.62 bits per heavy atom. The second-order valence-electron chi connectivity index (χ2n) is 9.27. The Morgan fingerprint density at radius 1 is 0.765 bits per heavy atom. The van der Waals surface area contributed by atoms with Gasteiger partial charge in [0.05, 0.1) is 28.8 Å². The summed E-state index contributed by atoms with van der Waals surface area (Å²) in [5.41, 5.74) is 9.99. The fraction of sp³-hybridized carbons (Fsp3) is 0.129. The molecule has 164 valence electrons. The van der Waals surface area contributed by atoms with Gasteiger partial charge in [-0.1, -0.05) is 49.7 Å². The molecule has 0 saturated carbocycles. The molecule has 6 aromatic rings. The molecule has 0 amide bonds. The molecule has 1 aliphatic rings. The van der Waals surface area contributed by atoms with Gasteiger partial charge in [-0.25, -0.2) is 0 Å². The lowest BCUT2D eigenvalue weighted by atomic mass is 9.90. The molecule has 0 atom stereocenters. The van der Waals surface area contributed by atoms with E-state index in [1.54, 1.807) is 0 Å². The Morgan fingerprint density at radius 3 is 2.44 bits per heavy atom. The maximum Gasteiger partial charge on any atom is 0.0645 e. The predicted octanol–water partition coefficient (Wildman–Crippen LogP) is 8.28. The molecule has 1 aliphatic heterocycles. The number of nitrogens with zero attached hydrogens (tertiary/aromatic N) is 3. The number of aryl methyl sites for hydroxylation is 2. The first-order valence-corrected chi connectivity index (χ1v) is 12.0. The summed E-state index contributed by atoms with van der Waals surface area (Å²) in [6, 6.07) is 29.1. The fourth-order valence-electron chi connectivity index (χ4n) is 5.76. The van der Waals surface area contributed by atoms with Gasteiger partial charge < -0.3 is 9.47 Å². The third kappa shape index (κ3) is 2.61. The van der Waals surface area contributed by atoms with Crippen molar-refractivity contribution in [1.82, 2.24) is 9.55 Å². The SMILES string of the molecule is CCCc1ccc2c(c1)c1cc3c(cc1n2C)N(c1cccnc1)c1cccc2cccc-3c12. The smallest absolute Gasteiger partial charge is 0.0645 e. The van der Waals surface area contributed by atoms with E-state index in [4.69, 9.17) is 0 Å². The van der Waals surface area contributed by atoms with E-state index in [2.05, 4.69) is 101 Å². The molecular weight excluding hydrogens is 414 g/mol. The largest absolute Gasteiger partial charge is 0.344 e. The monoisotopic (exact) mass is 439 g/mol. The van der Waals surface area contributed by atoms with Crippen LogP contribution >= 0.6 is 0 Å². The second-order valence-corrected chi connectivity index (χ2v) is 9.27. The van der Waals surface area contributed by atoms with Crippen molar-refractivity contribution in [3.63, 3.8) is 0 Å². The first-order valence-electron chi connectivity index (χ1n) is 12.0. The molecule has 0 N–H and O–H groups in total. The minimum atomic E-state index is 1.08. The van der Waals surface area contributed by atoms with Crippen LogP contribution in [0.3, 0.4) is 0 Å². The van der Waals surface area contributed by atoms with E-state index in [1.807, 2.05) is 18.5 Å². The molecule has 0 aliphatic carbocycles. The zero-order chi connectivity index (χ0) is 22.8. The van der Waals surface area contributed by atoms with Crippen LogP contribution in [0.15, 0.2) is 91.3 Å². The zero-order valence-electron chi connectivity index (χ0n) is 19.4. The van der Waals surface area contributed by atoms with E-state index in [1.165, 1.54) is 60.6 Å². The summed E-state index contributed by atoms with van der Waals surface area (Å²) in [5.74, 6) is 0. The molecule has 0 fully saturated rings. The molecule has 3 heteroatoms. The van der Waals surface area contributed by atoms with Gasteiger partial charge in [0.15, 0.2) is 0 Å². The van der Waals surface area contributed by atoms with E-state index in [0.29, 0.717) is 0 Å². The van der Waals surface area contributed by atoms with Crippen molar-refractivity contribution in [2.75, 3.05) is 4.90 Å². The van der Waals surface area contributed by atoms with Crippen LogP contribution in [-0.4, -0.2) is 9.55 Å². The molecule has 0 unspecified atom stereocenters. The summed E-state index contributed by atoms with van der Waals surface area (Å²) in [7, 11) is 2.18. The van der Waals surface area contributed by atoms with Crippen LogP contribution in [0, 0.1) is 0 Å². The summed E-state index contributed by atoms with van der Waals surface area (Å²) >= 11 is 0. The van der Waals surface area contributed by atoms with Crippen molar-refractivity contribution in [2.24, 2.45) is 7.05 Å². The number of hydrogen-bond acceptors (Lipinski definition) is 2. The highest BCUT2D eigenvalue weighted by Gasteiger charge is 2.27. The zero-order valence-corrected chi connectivity index (χ0v) is 19.4. The quantitative estimate of drug-likeness (QED) is 0.276. The van der Waals surface area contributed by atoms with E-state index in [-0.39, 0.29) is 0 Å². The lowest BCUT2D eigenvalue weighted by Gasteiger charge is -2.33. The molecule has 3 heterocycles. The molecule has 3 nitrogen and oxygen atoms in total. The van der Waals surface area contributed by atoms with E-state index < -0.39 is 0 Å². The van der Waals surface area contributed by atoms with Gasteiger partial charge in [0, 0.05) is 40.5 Å². The van der Waals surface area contributed by atoms with Gasteiger partial charge in [-0.15, -0.1) is 0 Å². The summed E-state index contributed by atoms with van der Waals surface area (Å²) in [4.78, 5) is 6.82. The molecule has 2 aromatic heterocycles. The Kier molecular flexibility index (Phi) is 4.10. The number of pyridine rings is 1. The average Bonchev–Trinajstić information content (AvgIpc) is 3.15. The second kappa shape index (κ2) is 7.19. The molecule has 0 saturated heterocycles. The van der Waals surface area contributed by atoms with E-state index in [0.717, 1.165) is 18.5 Å². The molecular formula is C31H25N3. The van der Waals surface area contributed by atoms with Crippen LogP contribution in [-0.2, 0) is 13.5 Å². The average molecular weight is 440 g/mol. The van der Waals surface area contributed by atoms with Crippen LogP contribution in [0.25, 0.3) is 43.7 Å². The van der Waals surface area contributed by atoms with Gasteiger partial charge in [0.1, 0.15) is 0 Å². The summed E-state index contributed by atoms with van der Waals surface area (Å²) in [6.45, 7) is 2.24. The third-order valence-electron chi connectivity index (χ3n) is 7.29. The number of anilines is 3. The lowest BCUT2D eigenvalue weighted by Crippen LogP contribution is -2.15. The summed E-state index contributed by atoms with van der Waals surface area (Å²) < 4.78 is 2.34. The minimum Gasteiger partial charge on any atom is -0.344 e. The van der Waals surface area contributed by atoms with Crippen molar-refractivity contribution in [2.45, 2.75) is 19.8 Å². The van der Waals surface area contributed by atoms with E-state index in [9.17, 15) is 0 Å². The van der Waals surface area contributed by atoms with Crippen LogP contribution in [0.2, 0.25) is 0 Å². The van der Waals surface area contributed by atoms with Crippen molar-refractivity contribution in [1.29, 1.82) is 0 Å². The molecule has 0 radical (unpaired) electrons. The summed E-state index contributed by atoms with van der Waals surface area (Å²) in [6.07, 6.45) is 6.06. The van der Waals surface area contributed by atoms with Crippen LogP contribution in [0.1, 0.15) is 18.9 Å². The van der Waals surface area contributed by atoms with Gasteiger partial charge in [-0.05, 0) is 65.4 Å². The number of hydrogen-bond donors (Lipinski definition) is 0. The number of rotatable bonds is 3. The van der Waals surface area contributed by atoms with Crippen molar-refractivity contribution in [3.05, 3.63) is 96.8 Å². The lowest BCUT2D eigenvalue weighted by molar-refractivity contribution is 0.923. The van der Waals surface area contributed by atoms with Crippen molar-refractivity contribution in [3.8, 4) is 11.1 Å². The standard InChI is InChI=1S/C31H25N3/c1-3-7-20-13-14-27-24(16-20)26-17-25-23-11-4-8-21-9-5-12-28(31(21)23)34(22-10-6-15-32-19-22)30(25)18-29(26)33(27)2/h4-6,8-19H,3,7H2,1-2H3. The molecule has 0 bridgehead atoms. The van der Waals surface area contributed by atoms with Gasteiger partial charge in [-0.2, -0.15) is 0 Å². The van der Waals surface area contributed by atoms with Crippen LogP contribution < -0.4 is 4.90 Å². The highest BCUT2D eigenvalue weighted by molar-refractivity contribution is 6.18. The minimum absolute atomic E-state index is 1.08. The highest BCUT2D eigenvalue weighted by atomic mass is 15.2. The first kappa shape index (κ1) is 19.4. The van der Waals surface area contributed by atoms with Crippen molar-refractivity contribution < 1.29 is 0 Å². The number of fused-ring (bicyclic) bond motifs is 5. The molecule has 0 spiro atoms. The van der Waals surface area contributed by atoms with Crippen molar-refractivity contribution >= 4 is 49.6 Å². The van der Waals surface area contributed by atoms with Gasteiger partial charge in [0.2, 0.25) is 0 Å². The fourth-order valence-corrected chi connectivity index (χ4v) is 5.76. The Hall–Kier alpha value is -4.11. The molecule has 34 heavy (non-hydrogen) atoms. The Balaban J connectivity index is 1.62. The molecule has 4 aromatic carbocycles. The van der Waals surface area contributed by atoms with Gasteiger partial charge in [0.25, 0.3) is 0 Å². The normalized spacial score (nSPS) is 12.6. The van der Waals surface area contributed by atoms with Gasteiger partial charge in [-0.3, -0.25) is 4.98 Å². The number of aromatic nitrogens is 2. The van der Waals surface area contributed by atoms with Crippen LogP contribution in [0.4, 0.5) is 17.1 Å². The summed E-state index contributed by atoms with van der Waals surface area (Å²) in [5, 5.41) is 5.22. The topological polar surface area (TPSA) is 21.1 Å².